The van der Waals surface area contributed by atoms with Crippen molar-refractivity contribution >= 4 is 45.2 Å². The molecule has 0 aliphatic heterocycles. The Morgan fingerprint density at radius 2 is 1.94 bits per heavy atom. The Bertz CT molecular complexity index is 1220. The topological polar surface area (TPSA) is 71.3 Å². The van der Waals surface area contributed by atoms with Crippen molar-refractivity contribution < 1.29 is 14.3 Å². The Morgan fingerprint density at radius 1 is 1.16 bits per heavy atom. The summed E-state index contributed by atoms with van der Waals surface area (Å²) in [5.41, 5.74) is 2.97. The molecule has 0 atom stereocenters. The maximum absolute atomic E-state index is 12.6. The molecule has 1 N–H and O–H groups in total. The first-order chi connectivity index (χ1) is 15.4. The first-order valence-corrected chi connectivity index (χ1v) is 10.8. The van der Waals surface area contributed by atoms with Crippen LogP contribution in [0.4, 0.5) is 5.69 Å². The third kappa shape index (κ3) is 5.91. The van der Waals surface area contributed by atoms with Crippen molar-refractivity contribution in [1.82, 2.24) is 0 Å². The first kappa shape index (κ1) is 23.4. The first-order valence-electron chi connectivity index (χ1n) is 9.65. The molecule has 3 rings (SSSR count). The zero-order valence-corrected chi connectivity index (χ0v) is 19.8. The Labute approximate surface area is 200 Å². The number of carbonyl (C=O) groups is 1. The molecule has 0 fully saturated rings. The van der Waals surface area contributed by atoms with E-state index in [1.807, 2.05) is 37.3 Å². The molecule has 0 unspecified atom stereocenters. The average molecular weight is 512 g/mol. The van der Waals surface area contributed by atoms with Crippen LogP contribution in [-0.4, -0.2) is 13.0 Å². The number of nitrogens with zero attached hydrogens (tertiary/aromatic N) is 1. The number of hydrogen-bond acceptors (Lipinski definition) is 4. The monoisotopic (exact) mass is 510 g/mol. The highest BCUT2D eigenvalue weighted by atomic mass is 79.9. The van der Waals surface area contributed by atoms with Crippen LogP contribution in [0.2, 0.25) is 5.02 Å². The molecule has 0 aliphatic carbocycles. The summed E-state index contributed by atoms with van der Waals surface area (Å²) in [6, 6.07) is 20.1. The molecule has 0 saturated carbocycles. The van der Waals surface area contributed by atoms with E-state index in [1.165, 1.54) is 13.2 Å². The van der Waals surface area contributed by atoms with Gasteiger partial charge in [0, 0.05) is 20.7 Å². The summed E-state index contributed by atoms with van der Waals surface area (Å²) in [5, 5.41) is 12.7. The van der Waals surface area contributed by atoms with Gasteiger partial charge in [-0.3, -0.25) is 4.79 Å². The average Bonchev–Trinajstić information content (AvgIpc) is 2.79. The van der Waals surface area contributed by atoms with Crippen molar-refractivity contribution in [2.24, 2.45) is 0 Å². The number of halogens is 2. The Hall–Kier alpha value is -3.27. The number of nitrogens with one attached hydrogen (secondary N) is 1. The second kappa shape index (κ2) is 10.9. The minimum Gasteiger partial charge on any atom is -0.493 e. The lowest BCUT2D eigenvalue weighted by molar-refractivity contribution is -0.112. The number of amides is 1. The van der Waals surface area contributed by atoms with Gasteiger partial charge < -0.3 is 14.8 Å². The second-order valence-corrected chi connectivity index (χ2v) is 8.16. The maximum Gasteiger partial charge on any atom is 0.266 e. The van der Waals surface area contributed by atoms with Gasteiger partial charge in [0.05, 0.1) is 7.11 Å². The highest BCUT2D eigenvalue weighted by Crippen LogP contribution is 2.30. The van der Waals surface area contributed by atoms with Crippen LogP contribution in [0, 0.1) is 18.3 Å². The number of nitriles is 1. The Morgan fingerprint density at radius 3 is 2.66 bits per heavy atom. The van der Waals surface area contributed by atoms with E-state index >= 15 is 0 Å². The van der Waals surface area contributed by atoms with Crippen LogP contribution in [0.25, 0.3) is 6.08 Å². The molecule has 0 aromatic heterocycles. The van der Waals surface area contributed by atoms with Crippen LogP contribution in [0.5, 0.6) is 11.5 Å². The summed E-state index contributed by atoms with van der Waals surface area (Å²) in [5.74, 6) is 0.526. The number of carbonyl (C=O) groups excluding carboxylic acids is 1. The van der Waals surface area contributed by atoms with Crippen molar-refractivity contribution in [3.8, 4) is 17.6 Å². The predicted octanol–water partition coefficient (Wildman–Crippen LogP) is 6.54. The van der Waals surface area contributed by atoms with E-state index in [4.69, 9.17) is 21.1 Å². The van der Waals surface area contributed by atoms with Crippen LogP contribution >= 0.6 is 27.5 Å². The van der Waals surface area contributed by atoms with Crippen LogP contribution < -0.4 is 14.8 Å². The van der Waals surface area contributed by atoms with Gasteiger partial charge in [-0.25, -0.2) is 0 Å². The molecule has 3 aromatic rings. The SMILES string of the molecule is COc1cc(/C=C(\C#N)C(=O)Nc2cc(Cl)ccc2C)ccc1OCc1ccccc1Br. The quantitative estimate of drug-likeness (QED) is 0.289. The highest BCUT2D eigenvalue weighted by molar-refractivity contribution is 9.10. The third-order valence-corrected chi connectivity index (χ3v) is 5.66. The zero-order valence-electron chi connectivity index (χ0n) is 17.5. The molecule has 1 amide bonds. The molecule has 162 valence electrons. The van der Waals surface area contributed by atoms with Crippen molar-refractivity contribution in [1.29, 1.82) is 5.26 Å². The van der Waals surface area contributed by atoms with Crippen molar-refractivity contribution in [2.45, 2.75) is 13.5 Å². The van der Waals surface area contributed by atoms with Crippen molar-refractivity contribution in [3.05, 3.63) is 92.4 Å². The zero-order chi connectivity index (χ0) is 23.1. The summed E-state index contributed by atoms with van der Waals surface area (Å²) < 4.78 is 12.3. The molecule has 0 saturated heterocycles. The number of benzene rings is 3. The number of ether oxygens (including phenoxy) is 2. The molecule has 3 aromatic carbocycles. The Balaban J connectivity index is 1.78. The predicted molar refractivity (Wildman–Crippen MR) is 130 cm³/mol. The lowest BCUT2D eigenvalue weighted by atomic mass is 10.1. The van der Waals surface area contributed by atoms with E-state index in [0.717, 1.165) is 15.6 Å². The van der Waals surface area contributed by atoms with Crippen LogP contribution in [0.15, 0.2) is 70.7 Å². The van der Waals surface area contributed by atoms with Gasteiger partial charge in [-0.05, 0) is 54.5 Å². The third-order valence-electron chi connectivity index (χ3n) is 4.65. The normalized spacial score (nSPS) is 10.9. The van der Waals surface area contributed by atoms with Gasteiger partial charge in [-0.15, -0.1) is 0 Å². The lowest BCUT2D eigenvalue weighted by Crippen LogP contribution is -2.14. The minimum atomic E-state index is -0.522. The number of aryl methyl sites for hydroxylation is 1. The van der Waals surface area contributed by atoms with E-state index in [-0.39, 0.29) is 5.57 Å². The largest absolute Gasteiger partial charge is 0.493 e. The summed E-state index contributed by atoms with van der Waals surface area (Å²) in [4.78, 5) is 12.6. The minimum absolute atomic E-state index is 0.0479. The molecule has 7 heteroatoms. The molecule has 5 nitrogen and oxygen atoms in total. The standard InChI is InChI=1S/C25H20BrClN2O3/c1-16-7-9-20(27)13-22(16)29-25(30)19(14-28)11-17-8-10-23(24(12-17)31-2)32-15-18-5-3-4-6-21(18)26/h3-13H,15H2,1-2H3,(H,29,30)/b19-11+. The fraction of sp³-hybridized carbons (Fsp3) is 0.120. The van der Waals surface area contributed by atoms with Gasteiger partial charge in [0.1, 0.15) is 18.2 Å². The summed E-state index contributed by atoms with van der Waals surface area (Å²) >= 11 is 9.51. The van der Waals surface area contributed by atoms with Crippen LogP contribution in [0.1, 0.15) is 16.7 Å². The summed E-state index contributed by atoms with van der Waals surface area (Å²) in [7, 11) is 1.54. The number of methoxy groups -OCH3 is 1. The fourth-order valence-corrected chi connectivity index (χ4v) is 3.47. The van der Waals surface area contributed by atoms with E-state index in [2.05, 4.69) is 21.2 Å². The molecule has 0 spiro atoms. The summed E-state index contributed by atoms with van der Waals surface area (Å²) in [6.07, 6.45) is 1.50. The van der Waals surface area contributed by atoms with Gasteiger partial charge in [0.15, 0.2) is 11.5 Å². The van der Waals surface area contributed by atoms with Gasteiger partial charge in [-0.1, -0.05) is 57.9 Å². The molecule has 0 heterocycles. The Kier molecular flexibility index (Phi) is 7.93. The van der Waals surface area contributed by atoms with E-state index in [9.17, 15) is 10.1 Å². The molecular weight excluding hydrogens is 492 g/mol. The van der Waals surface area contributed by atoms with Gasteiger partial charge in [0.25, 0.3) is 5.91 Å². The van der Waals surface area contributed by atoms with Crippen LogP contribution in [-0.2, 0) is 11.4 Å². The van der Waals surface area contributed by atoms with E-state index < -0.39 is 5.91 Å². The fourth-order valence-electron chi connectivity index (χ4n) is 2.90. The van der Waals surface area contributed by atoms with Gasteiger partial charge in [-0.2, -0.15) is 5.26 Å². The molecule has 0 bridgehead atoms. The summed E-state index contributed by atoms with van der Waals surface area (Å²) in [6.45, 7) is 2.21. The van der Waals surface area contributed by atoms with Crippen LogP contribution in [0.3, 0.4) is 0 Å². The number of rotatable bonds is 7. The molecule has 0 aliphatic rings. The number of hydrogen-bond donors (Lipinski definition) is 1. The van der Waals surface area contributed by atoms with E-state index in [1.54, 1.807) is 36.4 Å². The maximum atomic E-state index is 12.6. The highest BCUT2D eigenvalue weighted by Gasteiger charge is 2.13. The van der Waals surface area contributed by atoms with Crippen molar-refractivity contribution in [2.75, 3.05) is 12.4 Å². The molecule has 32 heavy (non-hydrogen) atoms. The van der Waals surface area contributed by atoms with Gasteiger partial charge >= 0.3 is 0 Å². The molecule has 0 radical (unpaired) electrons. The lowest BCUT2D eigenvalue weighted by Gasteiger charge is -2.12. The van der Waals surface area contributed by atoms with Crippen molar-refractivity contribution in [3.63, 3.8) is 0 Å². The molecular formula is C25H20BrClN2O3. The second-order valence-electron chi connectivity index (χ2n) is 6.87. The van der Waals surface area contributed by atoms with Gasteiger partial charge in [0.2, 0.25) is 0 Å². The van der Waals surface area contributed by atoms with E-state index in [0.29, 0.717) is 34.4 Å². The number of anilines is 1. The smallest absolute Gasteiger partial charge is 0.266 e.